The fourth-order valence-corrected chi connectivity index (χ4v) is 1.54. The monoisotopic (exact) mass is 267 g/mol. The van der Waals surface area contributed by atoms with Crippen molar-refractivity contribution in [3.63, 3.8) is 0 Å². The number of nitrogen functional groups attached to an aromatic ring is 1. The first-order chi connectivity index (χ1) is 8.97. The van der Waals surface area contributed by atoms with Gasteiger partial charge in [0.1, 0.15) is 0 Å². The third-order valence-corrected chi connectivity index (χ3v) is 2.46. The van der Waals surface area contributed by atoms with Gasteiger partial charge in [0, 0.05) is 18.3 Å². The van der Waals surface area contributed by atoms with E-state index in [1.54, 1.807) is 0 Å². The van der Waals surface area contributed by atoms with Gasteiger partial charge >= 0.3 is 0 Å². The van der Waals surface area contributed by atoms with Crippen LogP contribution in [0.15, 0.2) is 17.1 Å². The van der Waals surface area contributed by atoms with Crippen LogP contribution in [0.4, 0.5) is 0 Å². The van der Waals surface area contributed by atoms with Gasteiger partial charge in [-0.1, -0.05) is 13.3 Å². The summed E-state index contributed by atoms with van der Waals surface area (Å²) in [6.45, 7) is 6.06. The van der Waals surface area contributed by atoms with Crippen molar-refractivity contribution in [3.8, 4) is 5.75 Å². The van der Waals surface area contributed by atoms with Crippen LogP contribution in [0.2, 0.25) is 0 Å². The highest BCUT2D eigenvalue weighted by Gasteiger charge is 2.19. The Kier molecular flexibility index (Phi) is 5.41. The number of hydrogen-bond acceptors (Lipinski definition) is 4. The molecule has 0 radical (unpaired) electrons. The summed E-state index contributed by atoms with van der Waals surface area (Å²) in [5.41, 5.74) is -0.288. The second-order valence-corrected chi connectivity index (χ2v) is 4.60. The molecule has 0 aromatic carbocycles. The Hall–Kier alpha value is -1.98. The average molecular weight is 267 g/mol. The summed E-state index contributed by atoms with van der Waals surface area (Å²) in [5.74, 6) is 5.30. The van der Waals surface area contributed by atoms with Gasteiger partial charge in [0.25, 0.3) is 5.91 Å². The van der Waals surface area contributed by atoms with Crippen molar-refractivity contribution >= 4 is 5.91 Å². The summed E-state index contributed by atoms with van der Waals surface area (Å²) < 4.78 is 6.53. The van der Waals surface area contributed by atoms with Crippen molar-refractivity contribution in [1.82, 2.24) is 9.99 Å². The van der Waals surface area contributed by atoms with Crippen LogP contribution in [0.1, 0.15) is 44.1 Å². The molecule has 6 nitrogen and oxygen atoms in total. The van der Waals surface area contributed by atoms with Gasteiger partial charge in [-0.05, 0) is 20.3 Å². The predicted molar refractivity (Wildman–Crippen MR) is 73.9 cm³/mol. The van der Waals surface area contributed by atoms with Crippen LogP contribution in [-0.4, -0.2) is 23.2 Å². The number of nitrogens with one attached hydrogen (secondary N) is 1. The van der Waals surface area contributed by atoms with Gasteiger partial charge in [-0.2, -0.15) is 0 Å². The predicted octanol–water partition coefficient (Wildman–Crippen LogP) is 0.879. The molecule has 1 aromatic rings. The molecule has 0 aliphatic rings. The minimum Gasteiger partial charge on any atom is -0.487 e. The molecule has 1 aromatic heterocycles. The van der Waals surface area contributed by atoms with E-state index in [1.807, 2.05) is 20.8 Å². The Bertz CT molecular complexity index is 494. The third kappa shape index (κ3) is 4.01. The van der Waals surface area contributed by atoms with Crippen molar-refractivity contribution in [3.05, 3.63) is 28.2 Å². The summed E-state index contributed by atoms with van der Waals surface area (Å²) in [5, 5.41) is 2.70. The van der Waals surface area contributed by atoms with Crippen LogP contribution >= 0.6 is 0 Å². The van der Waals surface area contributed by atoms with Crippen LogP contribution in [0.3, 0.4) is 0 Å². The van der Waals surface area contributed by atoms with Gasteiger partial charge in [0.05, 0.1) is 6.61 Å². The summed E-state index contributed by atoms with van der Waals surface area (Å²) in [6.07, 6.45) is 3.10. The second kappa shape index (κ2) is 6.82. The van der Waals surface area contributed by atoms with Crippen molar-refractivity contribution in [2.75, 3.05) is 12.4 Å². The van der Waals surface area contributed by atoms with E-state index in [0.717, 1.165) is 17.5 Å². The molecule has 0 fully saturated rings. The SMILES string of the molecule is CCCCOc1c(C(=O)NC(C)C)n(N)ccc1=O. The van der Waals surface area contributed by atoms with Crippen molar-refractivity contribution in [2.24, 2.45) is 0 Å². The summed E-state index contributed by atoms with van der Waals surface area (Å²) in [4.78, 5) is 23.9. The number of ether oxygens (including phenoxy) is 1. The first-order valence-electron chi connectivity index (χ1n) is 6.41. The highest BCUT2D eigenvalue weighted by molar-refractivity contribution is 5.95. The first-order valence-corrected chi connectivity index (χ1v) is 6.41. The number of pyridine rings is 1. The van der Waals surface area contributed by atoms with E-state index < -0.39 is 5.91 Å². The normalized spacial score (nSPS) is 10.5. The summed E-state index contributed by atoms with van der Waals surface area (Å²) >= 11 is 0. The summed E-state index contributed by atoms with van der Waals surface area (Å²) in [7, 11) is 0. The lowest BCUT2D eigenvalue weighted by Crippen LogP contribution is -2.35. The van der Waals surface area contributed by atoms with Crippen LogP contribution in [0.25, 0.3) is 0 Å². The Morgan fingerprint density at radius 2 is 2.21 bits per heavy atom. The number of rotatable bonds is 6. The van der Waals surface area contributed by atoms with Crippen molar-refractivity contribution in [2.45, 2.75) is 39.7 Å². The molecule has 1 heterocycles. The molecule has 0 spiro atoms. The molecular formula is C13H21N3O3. The standard InChI is InChI=1S/C13H21N3O3/c1-4-5-8-19-12-10(17)6-7-16(14)11(12)13(18)15-9(2)3/h6-7,9H,4-5,8,14H2,1-3H3,(H,15,18). The van der Waals surface area contributed by atoms with Crippen molar-refractivity contribution < 1.29 is 9.53 Å². The fourth-order valence-electron chi connectivity index (χ4n) is 1.54. The zero-order valence-corrected chi connectivity index (χ0v) is 11.6. The van der Waals surface area contributed by atoms with Gasteiger partial charge in [-0.15, -0.1) is 0 Å². The molecule has 3 N–H and O–H groups in total. The second-order valence-electron chi connectivity index (χ2n) is 4.60. The van der Waals surface area contributed by atoms with E-state index in [2.05, 4.69) is 5.32 Å². The van der Waals surface area contributed by atoms with E-state index in [4.69, 9.17) is 10.6 Å². The smallest absolute Gasteiger partial charge is 0.274 e. The number of nitrogens with two attached hydrogens (primary N) is 1. The van der Waals surface area contributed by atoms with Gasteiger partial charge in [0.15, 0.2) is 11.4 Å². The molecule has 0 saturated heterocycles. The number of carbonyl (C=O) groups excluding carboxylic acids is 1. The lowest BCUT2D eigenvalue weighted by atomic mass is 10.2. The number of hydrogen-bond donors (Lipinski definition) is 2. The number of amides is 1. The van der Waals surface area contributed by atoms with E-state index in [0.29, 0.717) is 6.61 Å². The Balaban J connectivity index is 3.09. The maximum atomic E-state index is 12.1. The zero-order chi connectivity index (χ0) is 14.4. The molecule has 1 amide bonds. The minimum atomic E-state index is -0.415. The number of carbonyl (C=O) groups is 1. The molecule has 1 rings (SSSR count). The molecule has 6 heteroatoms. The molecular weight excluding hydrogens is 246 g/mol. The maximum absolute atomic E-state index is 12.1. The highest BCUT2D eigenvalue weighted by atomic mass is 16.5. The fraction of sp³-hybridized carbons (Fsp3) is 0.538. The lowest BCUT2D eigenvalue weighted by molar-refractivity contribution is 0.0929. The maximum Gasteiger partial charge on any atom is 0.274 e. The first kappa shape index (κ1) is 15.1. The van der Waals surface area contributed by atoms with E-state index >= 15 is 0 Å². The van der Waals surface area contributed by atoms with Gasteiger partial charge in [-0.3, -0.25) is 14.3 Å². The molecule has 0 aliphatic carbocycles. The van der Waals surface area contributed by atoms with E-state index in [9.17, 15) is 9.59 Å². The average Bonchev–Trinajstić information content (AvgIpc) is 2.32. The lowest BCUT2D eigenvalue weighted by Gasteiger charge is -2.15. The van der Waals surface area contributed by atoms with Gasteiger partial charge in [0.2, 0.25) is 5.43 Å². The van der Waals surface area contributed by atoms with E-state index in [1.165, 1.54) is 12.3 Å². The molecule has 0 atom stereocenters. The molecule has 0 unspecified atom stereocenters. The van der Waals surface area contributed by atoms with E-state index in [-0.39, 0.29) is 22.9 Å². The number of unbranched alkanes of at least 4 members (excludes halogenated alkanes) is 1. The number of aromatic nitrogens is 1. The topological polar surface area (TPSA) is 86.3 Å². The molecule has 106 valence electrons. The summed E-state index contributed by atoms with van der Waals surface area (Å²) in [6, 6.07) is 1.24. The Morgan fingerprint density at radius 3 is 2.79 bits per heavy atom. The van der Waals surface area contributed by atoms with Crippen LogP contribution in [-0.2, 0) is 0 Å². The highest BCUT2D eigenvalue weighted by Crippen LogP contribution is 2.12. The zero-order valence-electron chi connectivity index (χ0n) is 11.6. The molecule has 19 heavy (non-hydrogen) atoms. The van der Waals surface area contributed by atoms with Gasteiger partial charge in [-0.25, -0.2) is 0 Å². The molecule has 0 saturated carbocycles. The Labute approximate surface area is 112 Å². The molecule has 0 aliphatic heterocycles. The number of nitrogens with zero attached hydrogens (tertiary/aromatic N) is 1. The van der Waals surface area contributed by atoms with Gasteiger partial charge < -0.3 is 15.9 Å². The van der Waals surface area contributed by atoms with Crippen LogP contribution in [0.5, 0.6) is 5.75 Å². The third-order valence-electron chi connectivity index (χ3n) is 2.46. The minimum absolute atomic E-state index is 0.0107. The molecule has 0 bridgehead atoms. The Morgan fingerprint density at radius 1 is 1.53 bits per heavy atom. The van der Waals surface area contributed by atoms with Crippen LogP contribution in [0, 0.1) is 0 Å². The largest absolute Gasteiger partial charge is 0.487 e. The quantitative estimate of drug-likeness (QED) is 0.591. The van der Waals surface area contributed by atoms with Crippen LogP contribution < -0.4 is 21.3 Å². The van der Waals surface area contributed by atoms with Crippen molar-refractivity contribution in [1.29, 1.82) is 0 Å².